The van der Waals surface area contributed by atoms with Gasteiger partial charge in [-0.05, 0) is 13.0 Å². The monoisotopic (exact) mass is 210 g/mol. The van der Waals surface area contributed by atoms with Crippen LogP contribution in [0.15, 0.2) is 12.7 Å². The van der Waals surface area contributed by atoms with Crippen molar-refractivity contribution in [3.05, 3.63) is 12.7 Å². The quantitative estimate of drug-likeness (QED) is 0.665. The van der Waals surface area contributed by atoms with Crippen molar-refractivity contribution in [3.63, 3.8) is 0 Å². The van der Waals surface area contributed by atoms with E-state index in [-0.39, 0.29) is 24.6 Å². The minimum Gasteiger partial charge on any atom is -0.445 e. The molecule has 15 heavy (non-hydrogen) atoms. The van der Waals surface area contributed by atoms with E-state index in [0.717, 1.165) is 13.0 Å². The average Bonchev–Trinajstić information content (AvgIpc) is 2.73. The van der Waals surface area contributed by atoms with Crippen molar-refractivity contribution < 1.29 is 14.3 Å². The summed E-state index contributed by atoms with van der Waals surface area (Å²) in [5.74, 6) is -0.147. The van der Waals surface area contributed by atoms with Gasteiger partial charge in [0.25, 0.3) is 0 Å². The SMILES string of the molecule is C=CCOC(=O)N1C(=O)CC2NCCC21. The number of hydrogen-bond acceptors (Lipinski definition) is 4. The van der Waals surface area contributed by atoms with Crippen molar-refractivity contribution in [3.8, 4) is 0 Å². The number of likely N-dealkylation sites (tertiary alicyclic amines) is 1. The van der Waals surface area contributed by atoms with Crippen molar-refractivity contribution in [1.29, 1.82) is 0 Å². The van der Waals surface area contributed by atoms with Gasteiger partial charge in [0.1, 0.15) is 6.61 Å². The van der Waals surface area contributed by atoms with Gasteiger partial charge in [-0.15, -0.1) is 0 Å². The second-order valence-electron chi connectivity index (χ2n) is 3.75. The Hall–Kier alpha value is -1.36. The zero-order valence-corrected chi connectivity index (χ0v) is 8.44. The second kappa shape index (κ2) is 4.02. The molecule has 82 valence electrons. The molecule has 0 aromatic rings. The standard InChI is InChI=1S/C10H14N2O3/c1-2-5-15-10(14)12-8-3-4-11-7(8)6-9(12)13/h2,7-8,11H,1,3-6H2. The van der Waals surface area contributed by atoms with Gasteiger partial charge in [0.05, 0.1) is 6.04 Å². The fourth-order valence-electron chi connectivity index (χ4n) is 2.18. The van der Waals surface area contributed by atoms with Crippen LogP contribution in [0.25, 0.3) is 0 Å². The van der Waals surface area contributed by atoms with Crippen molar-refractivity contribution >= 4 is 12.0 Å². The van der Waals surface area contributed by atoms with Gasteiger partial charge in [0, 0.05) is 12.5 Å². The number of nitrogens with one attached hydrogen (secondary N) is 1. The number of nitrogens with zero attached hydrogens (tertiary/aromatic N) is 1. The summed E-state index contributed by atoms with van der Waals surface area (Å²) in [5, 5.41) is 3.20. The maximum atomic E-state index is 11.6. The van der Waals surface area contributed by atoms with Crippen LogP contribution in [0.1, 0.15) is 12.8 Å². The fourth-order valence-corrected chi connectivity index (χ4v) is 2.18. The first-order valence-corrected chi connectivity index (χ1v) is 5.07. The van der Waals surface area contributed by atoms with Gasteiger partial charge in [-0.3, -0.25) is 4.79 Å². The number of carbonyl (C=O) groups is 2. The predicted octanol–water partition coefficient (Wildman–Crippen LogP) is 0.272. The maximum absolute atomic E-state index is 11.6. The number of amides is 2. The molecule has 0 aromatic heterocycles. The molecule has 2 heterocycles. The lowest BCUT2D eigenvalue weighted by molar-refractivity contribution is -0.127. The number of ether oxygens (including phenoxy) is 1. The highest BCUT2D eigenvalue weighted by atomic mass is 16.6. The smallest absolute Gasteiger partial charge is 0.417 e. The molecule has 0 bridgehead atoms. The van der Waals surface area contributed by atoms with Crippen molar-refractivity contribution in [1.82, 2.24) is 10.2 Å². The Kier molecular flexibility index (Phi) is 2.73. The summed E-state index contributed by atoms with van der Waals surface area (Å²) in [6.45, 7) is 4.45. The summed E-state index contributed by atoms with van der Waals surface area (Å²) in [6.07, 6.45) is 2.16. The van der Waals surface area contributed by atoms with Gasteiger partial charge in [-0.25, -0.2) is 9.69 Å². The molecule has 0 radical (unpaired) electrons. The van der Waals surface area contributed by atoms with E-state index in [1.54, 1.807) is 0 Å². The predicted molar refractivity (Wildman–Crippen MR) is 53.2 cm³/mol. The maximum Gasteiger partial charge on any atom is 0.417 e. The highest BCUT2D eigenvalue weighted by Crippen LogP contribution is 2.26. The van der Waals surface area contributed by atoms with Gasteiger partial charge in [-0.1, -0.05) is 12.7 Å². The van der Waals surface area contributed by atoms with E-state index in [1.165, 1.54) is 11.0 Å². The summed E-state index contributed by atoms with van der Waals surface area (Å²) < 4.78 is 4.87. The summed E-state index contributed by atoms with van der Waals surface area (Å²) in [5.41, 5.74) is 0. The van der Waals surface area contributed by atoms with Crippen LogP contribution in [0.4, 0.5) is 4.79 Å². The molecule has 0 aliphatic carbocycles. The van der Waals surface area contributed by atoms with Gasteiger partial charge < -0.3 is 10.1 Å². The van der Waals surface area contributed by atoms with Crippen LogP contribution in [-0.4, -0.2) is 42.1 Å². The largest absolute Gasteiger partial charge is 0.445 e. The highest BCUT2D eigenvalue weighted by molar-refractivity contribution is 5.95. The molecule has 2 unspecified atom stereocenters. The normalized spacial score (nSPS) is 29.1. The Labute approximate surface area is 88.1 Å². The summed E-state index contributed by atoms with van der Waals surface area (Å²) in [4.78, 5) is 24.4. The second-order valence-corrected chi connectivity index (χ2v) is 3.75. The molecule has 2 aliphatic heterocycles. The van der Waals surface area contributed by atoms with E-state index in [9.17, 15) is 9.59 Å². The molecule has 2 aliphatic rings. The topological polar surface area (TPSA) is 58.6 Å². The minimum atomic E-state index is -0.545. The van der Waals surface area contributed by atoms with E-state index < -0.39 is 6.09 Å². The van der Waals surface area contributed by atoms with Crippen LogP contribution in [0, 0.1) is 0 Å². The first-order chi connectivity index (χ1) is 7.24. The third kappa shape index (κ3) is 1.74. The molecule has 2 amide bonds. The number of fused-ring (bicyclic) bond motifs is 1. The highest BCUT2D eigenvalue weighted by Gasteiger charge is 2.46. The number of hydrogen-bond donors (Lipinski definition) is 1. The zero-order chi connectivity index (χ0) is 10.8. The third-order valence-electron chi connectivity index (χ3n) is 2.83. The molecule has 1 N–H and O–H groups in total. The Bertz CT molecular complexity index is 303. The molecular weight excluding hydrogens is 196 g/mol. The van der Waals surface area contributed by atoms with Crippen LogP contribution in [0.3, 0.4) is 0 Å². The van der Waals surface area contributed by atoms with Crippen molar-refractivity contribution in [2.45, 2.75) is 24.9 Å². The van der Waals surface area contributed by atoms with Gasteiger partial charge in [0.15, 0.2) is 0 Å². The molecule has 2 rings (SSSR count). The van der Waals surface area contributed by atoms with Crippen molar-refractivity contribution in [2.24, 2.45) is 0 Å². The first kappa shape index (κ1) is 10.2. The molecule has 2 atom stereocenters. The molecule has 0 spiro atoms. The molecule has 5 heteroatoms. The lowest BCUT2D eigenvalue weighted by Gasteiger charge is -2.20. The fraction of sp³-hybridized carbons (Fsp3) is 0.600. The Morgan fingerprint density at radius 1 is 1.73 bits per heavy atom. The molecule has 0 aromatic carbocycles. The zero-order valence-electron chi connectivity index (χ0n) is 8.44. The lowest BCUT2D eigenvalue weighted by atomic mass is 10.1. The molecule has 2 fully saturated rings. The first-order valence-electron chi connectivity index (χ1n) is 5.07. The van der Waals surface area contributed by atoms with Gasteiger partial charge >= 0.3 is 6.09 Å². The van der Waals surface area contributed by atoms with Crippen LogP contribution >= 0.6 is 0 Å². The van der Waals surface area contributed by atoms with Crippen LogP contribution in [-0.2, 0) is 9.53 Å². The van der Waals surface area contributed by atoms with E-state index in [4.69, 9.17) is 4.74 Å². The molecule has 5 nitrogen and oxygen atoms in total. The Balaban J connectivity index is 2.03. The molecular formula is C10H14N2O3. The van der Waals surface area contributed by atoms with E-state index in [1.807, 2.05) is 0 Å². The molecule has 0 saturated carbocycles. The lowest BCUT2D eigenvalue weighted by Crippen LogP contribution is -2.40. The Morgan fingerprint density at radius 2 is 2.53 bits per heavy atom. The summed E-state index contributed by atoms with van der Waals surface area (Å²) in [7, 11) is 0. The number of carbonyl (C=O) groups excluding carboxylic acids is 2. The summed E-state index contributed by atoms with van der Waals surface area (Å²) >= 11 is 0. The van der Waals surface area contributed by atoms with E-state index in [0.29, 0.717) is 6.42 Å². The molecule has 2 saturated heterocycles. The van der Waals surface area contributed by atoms with Crippen LogP contribution in [0.2, 0.25) is 0 Å². The van der Waals surface area contributed by atoms with E-state index in [2.05, 4.69) is 11.9 Å². The number of rotatable bonds is 2. The minimum absolute atomic E-state index is 0.0187. The average molecular weight is 210 g/mol. The number of imide groups is 1. The van der Waals surface area contributed by atoms with E-state index >= 15 is 0 Å². The van der Waals surface area contributed by atoms with Gasteiger partial charge in [-0.2, -0.15) is 0 Å². The van der Waals surface area contributed by atoms with Crippen LogP contribution in [0.5, 0.6) is 0 Å². The van der Waals surface area contributed by atoms with Crippen molar-refractivity contribution in [2.75, 3.05) is 13.2 Å². The van der Waals surface area contributed by atoms with Gasteiger partial charge in [0.2, 0.25) is 5.91 Å². The summed E-state index contributed by atoms with van der Waals surface area (Å²) in [6, 6.07) is 0.101. The third-order valence-corrected chi connectivity index (χ3v) is 2.83. The van der Waals surface area contributed by atoms with Crippen LogP contribution < -0.4 is 5.32 Å². The Morgan fingerprint density at radius 3 is 3.27 bits per heavy atom.